The van der Waals surface area contributed by atoms with Crippen molar-refractivity contribution in [3.63, 3.8) is 0 Å². The first kappa shape index (κ1) is 21.6. The number of hydrogen-bond donors (Lipinski definition) is 1. The summed E-state index contributed by atoms with van der Waals surface area (Å²) < 4.78 is 1.71. The van der Waals surface area contributed by atoms with E-state index in [4.69, 9.17) is 4.98 Å². The molecular weight excluding hydrogens is 414 g/mol. The molecule has 0 aromatic carbocycles. The number of amides is 1. The largest absolute Gasteiger partial charge is 0.351 e. The van der Waals surface area contributed by atoms with Crippen LogP contribution in [-0.4, -0.2) is 54.7 Å². The molecule has 0 unspecified atom stereocenters. The summed E-state index contributed by atoms with van der Waals surface area (Å²) in [7, 11) is 1.85. The molecule has 1 amide bonds. The zero-order valence-corrected chi connectivity index (χ0v) is 19.5. The van der Waals surface area contributed by atoms with Gasteiger partial charge in [0.1, 0.15) is 5.69 Å². The monoisotopic (exact) mass is 445 g/mol. The van der Waals surface area contributed by atoms with E-state index in [9.17, 15) is 4.79 Å². The fourth-order valence-corrected chi connectivity index (χ4v) is 4.43. The summed E-state index contributed by atoms with van der Waals surface area (Å²) in [6.45, 7) is 5.60. The van der Waals surface area contributed by atoms with Crippen molar-refractivity contribution in [1.29, 1.82) is 0 Å². The van der Waals surface area contributed by atoms with E-state index in [2.05, 4.69) is 34.2 Å². The van der Waals surface area contributed by atoms with E-state index in [1.165, 1.54) is 12.8 Å². The topological polar surface area (TPSA) is 88.8 Å². The second-order valence-corrected chi connectivity index (χ2v) is 9.45. The lowest BCUT2D eigenvalue weighted by Gasteiger charge is -2.32. The van der Waals surface area contributed by atoms with Crippen LogP contribution in [0.1, 0.15) is 73.2 Å². The number of rotatable bonds is 6. The van der Waals surface area contributed by atoms with Crippen LogP contribution in [0.25, 0.3) is 11.1 Å². The van der Waals surface area contributed by atoms with Gasteiger partial charge in [0.25, 0.3) is 5.91 Å². The first-order chi connectivity index (χ1) is 16.0. The minimum Gasteiger partial charge on any atom is -0.351 e. The predicted molar refractivity (Wildman–Crippen MR) is 127 cm³/mol. The third-order valence-corrected chi connectivity index (χ3v) is 6.60. The van der Waals surface area contributed by atoms with Crippen LogP contribution in [0.2, 0.25) is 0 Å². The van der Waals surface area contributed by atoms with Gasteiger partial charge in [-0.15, -0.1) is 0 Å². The minimum absolute atomic E-state index is 0.0588. The van der Waals surface area contributed by atoms with Gasteiger partial charge in [-0.25, -0.2) is 9.97 Å². The Kier molecular flexibility index (Phi) is 5.83. The maximum Gasteiger partial charge on any atom is 0.272 e. The van der Waals surface area contributed by atoms with E-state index < -0.39 is 0 Å². The maximum atomic E-state index is 13.2. The van der Waals surface area contributed by atoms with Crippen LogP contribution in [0.15, 0.2) is 36.8 Å². The molecule has 0 radical (unpaired) electrons. The normalized spacial score (nSPS) is 16.9. The molecule has 1 saturated carbocycles. The molecule has 1 N–H and O–H groups in total. The molecule has 172 valence electrons. The second kappa shape index (κ2) is 8.92. The first-order valence-electron chi connectivity index (χ1n) is 11.9. The van der Waals surface area contributed by atoms with Gasteiger partial charge in [0.05, 0.1) is 11.4 Å². The lowest BCUT2D eigenvalue weighted by molar-refractivity contribution is 0.0701. The number of aromatic nitrogens is 5. The highest BCUT2D eigenvalue weighted by Gasteiger charge is 2.30. The summed E-state index contributed by atoms with van der Waals surface area (Å²) in [4.78, 5) is 28.8. The highest BCUT2D eigenvalue weighted by atomic mass is 16.2. The molecule has 2 fully saturated rings. The van der Waals surface area contributed by atoms with E-state index in [0.717, 1.165) is 35.4 Å². The van der Waals surface area contributed by atoms with Crippen molar-refractivity contribution >= 4 is 11.9 Å². The fourth-order valence-electron chi connectivity index (χ4n) is 4.43. The van der Waals surface area contributed by atoms with E-state index >= 15 is 0 Å². The minimum atomic E-state index is 0.0588. The molecule has 2 aliphatic rings. The summed E-state index contributed by atoms with van der Waals surface area (Å²) in [6, 6.07) is 6.44. The smallest absolute Gasteiger partial charge is 0.272 e. The van der Waals surface area contributed by atoms with Gasteiger partial charge in [0.2, 0.25) is 5.95 Å². The molecule has 3 aromatic rings. The van der Waals surface area contributed by atoms with Gasteiger partial charge in [-0.3, -0.25) is 14.5 Å². The number of aryl methyl sites for hydroxylation is 1. The maximum absolute atomic E-state index is 13.2. The van der Waals surface area contributed by atoms with Crippen molar-refractivity contribution in [2.24, 2.45) is 7.05 Å². The van der Waals surface area contributed by atoms with Crippen LogP contribution in [0, 0.1) is 0 Å². The summed E-state index contributed by atoms with van der Waals surface area (Å²) in [5, 5.41) is 7.94. The Morgan fingerprint density at radius 1 is 1.12 bits per heavy atom. The number of likely N-dealkylation sites (tertiary alicyclic amines) is 1. The summed E-state index contributed by atoms with van der Waals surface area (Å²) in [5.74, 6) is 1.34. The molecule has 3 aromatic heterocycles. The van der Waals surface area contributed by atoms with Gasteiger partial charge in [-0.1, -0.05) is 13.8 Å². The average Bonchev–Trinajstić information content (AvgIpc) is 3.57. The zero-order chi connectivity index (χ0) is 22.9. The van der Waals surface area contributed by atoms with E-state index in [0.29, 0.717) is 36.7 Å². The van der Waals surface area contributed by atoms with Gasteiger partial charge in [-0.2, -0.15) is 5.10 Å². The number of piperidine rings is 1. The molecule has 1 aliphatic carbocycles. The predicted octanol–water partition coefficient (Wildman–Crippen LogP) is 3.99. The molecule has 8 nitrogen and oxygen atoms in total. The number of carbonyl (C=O) groups excluding carboxylic acids is 1. The molecule has 1 saturated heterocycles. The standard InChI is InChI=1S/C25H31N7O/c1-16(2)21-14-22(31(3)30-21)24(33)32-12-8-18(9-13-32)23-20(17-6-10-26-11-7-17)15-27-25(29-23)28-19-4-5-19/h6-7,10-11,14-16,18-19H,4-5,8-9,12-13H2,1-3H3,(H,27,28,29). The molecule has 0 spiro atoms. The Morgan fingerprint density at radius 2 is 1.85 bits per heavy atom. The Bertz CT molecular complexity index is 1130. The number of nitrogens with one attached hydrogen (secondary N) is 1. The molecule has 0 bridgehead atoms. The molecule has 1 aliphatic heterocycles. The van der Waals surface area contributed by atoms with Crippen molar-refractivity contribution in [1.82, 2.24) is 29.6 Å². The number of nitrogens with zero attached hydrogens (tertiary/aromatic N) is 6. The van der Waals surface area contributed by atoms with Gasteiger partial charge in [0.15, 0.2) is 0 Å². The number of hydrogen-bond acceptors (Lipinski definition) is 6. The van der Waals surface area contributed by atoms with Crippen LogP contribution in [0.3, 0.4) is 0 Å². The Hall–Kier alpha value is -3.29. The quantitative estimate of drug-likeness (QED) is 0.617. The van der Waals surface area contributed by atoms with Crippen LogP contribution >= 0.6 is 0 Å². The van der Waals surface area contributed by atoms with Gasteiger partial charge in [0, 0.05) is 56.3 Å². The van der Waals surface area contributed by atoms with E-state index in [-0.39, 0.29) is 11.8 Å². The Balaban J connectivity index is 1.35. The molecule has 8 heteroatoms. The van der Waals surface area contributed by atoms with Gasteiger partial charge in [-0.05, 0) is 55.4 Å². The van der Waals surface area contributed by atoms with E-state index in [1.54, 1.807) is 17.1 Å². The Labute approximate surface area is 194 Å². The average molecular weight is 446 g/mol. The molecular formula is C25H31N7O. The van der Waals surface area contributed by atoms with Gasteiger partial charge < -0.3 is 10.2 Å². The highest BCUT2D eigenvalue weighted by Crippen LogP contribution is 2.35. The van der Waals surface area contributed by atoms with Crippen molar-refractivity contribution in [2.45, 2.75) is 57.4 Å². The molecule has 4 heterocycles. The molecule has 33 heavy (non-hydrogen) atoms. The summed E-state index contributed by atoms with van der Waals surface area (Å²) >= 11 is 0. The van der Waals surface area contributed by atoms with Crippen molar-refractivity contribution in [3.05, 3.63) is 53.9 Å². The van der Waals surface area contributed by atoms with Gasteiger partial charge >= 0.3 is 0 Å². The third kappa shape index (κ3) is 4.60. The molecule has 0 atom stereocenters. The molecule has 5 rings (SSSR count). The zero-order valence-electron chi connectivity index (χ0n) is 19.5. The second-order valence-electron chi connectivity index (χ2n) is 9.45. The van der Waals surface area contributed by atoms with Crippen LogP contribution in [-0.2, 0) is 7.05 Å². The van der Waals surface area contributed by atoms with Crippen LogP contribution < -0.4 is 5.32 Å². The SMILES string of the molecule is CC(C)c1cc(C(=O)N2CCC(c3nc(NC4CC4)ncc3-c3ccncc3)CC2)n(C)n1. The number of pyridine rings is 1. The van der Waals surface area contributed by atoms with E-state index in [1.807, 2.05) is 36.3 Å². The van der Waals surface area contributed by atoms with Crippen molar-refractivity contribution in [3.8, 4) is 11.1 Å². The van der Waals surface area contributed by atoms with Crippen LogP contribution in [0.4, 0.5) is 5.95 Å². The van der Waals surface area contributed by atoms with Crippen molar-refractivity contribution in [2.75, 3.05) is 18.4 Å². The lowest BCUT2D eigenvalue weighted by atomic mass is 9.89. The summed E-state index contributed by atoms with van der Waals surface area (Å²) in [5.41, 5.74) is 4.81. The fraction of sp³-hybridized carbons (Fsp3) is 0.480. The Morgan fingerprint density at radius 3 is 2.48 bits per heavy atom. The summed E-state index contributed by atoms with van der Waals surface area (Å²) in [6.07, 6.45) is 9.64. The third-order valence-electron chi connectivity index (χ3n) is 6.60. The number of carbonyl (C=O) groups is 1. The van der Waals surface area contributed by atoms with Crippen LogP contribution in [0.5, 0.6) is 0 Å². The first-order valence-corrected chi connectivity index (χ1v) is 11.9. The van der Waals surface area contributed by atoms with Crippen molar-refractivity contribution < 1.29 is 4.79 Å². The lowest BCUT2D eigenvalue weighted by Crippen LogP contribution is -2.39. The highest BCUT2D eigenvalue weighted by molar-refractivity contribution is 5.92. The number of anilines is 1.